The van der Waals surface area contributed by atoms with Crippen molar-refractivity contribution in [2.45, 2.75) is 32.2 Å². The van der Waals surface area contributed by atoms with Crippen LogP contribution in [-0.4, -0.2) is 36.7 Å². The second kappa shape index (κ2) is 5.10. The summed E-state index contributed by atoms with van der Waals surface area (Å²) in [5.41, 5.74) is 2.28. The second-order valence-corrected chi connectivity index (χ2v) is 4.93. The van der Waals surface area contributed by atoms with Crippen molar-refractivity contribution >= 4 is 5.95 Å². The van der Waals surface area contributed by atoms with Gasteiger partial charge in [0.15, 0.2) is 0 Å². The first-order valence-electron chi connectivity index (χ1n) is 6.78. The highest BCUT2D eigenvalue weighted by Crippen LogP contribution is 2.26. The van der Waals surface area contributed by atoms with Crippen molar-refractivity contribution in [1.82, 2.24) is 15.3 Å². The molecule has 1 aromatic heterocycles. The number of hydrogen-bond donors (Lipinski definition) is 1. The molecule has 0 amide bonds. The zero-order valence-corrected chi connectivity index (χ0v) is 10.9. The van der Waals surface area contributed by atoms with Crippen LogP contribution in [0.25, 0.3) is 0 Å². The zero-order valence-electron chi connectivity index (χ0n) is 10.9. The standard InChI is InChI=1S/C13H20N4O/c1-18-12-10-5-6-14-9-11(10)15-13(16-12)17-7-3-2-4-8-17/h14H,2-9H2,1H3. The van der Waals surface area contributed by atoms with Gasteiger partial charge in [-0.3, -0.25) is 0 Å². The number of fused-ring (bicyclic) bond motifs is 1. The smallest absolute Gasteiger partial charge is 0.228 e. The van der Waals surface area contributed by atoms with Gasteiger partial charge in [0.1, 0.15) is 0 Å². The fraction of sp³-hybridized carbons (Fsp3) is 0.692. The number of nitrogens with zero attached hydrogens (tertiary/aromatic N) is 3. The van der Waals surface area contributed by atoms with Crippen LogP contribution in [0.1, 0.15) is 30.5 Å². The summed E-state index contributed by atoms with van der Waals surface area (Å²) in [5.74, 6) is 1.61. The number of ether oxygens (including phenoxy) is 1. The number of aromatic nitrogens is 2. The molecule has 1 N–H and O–H groups in total. The SMILES string of the molecule is COc1nc(N2CCCCC2)nc2c1CCNC2. The number of rotatable bonds is 2. The Morgan fingerprint density at radius 2 is 2.00 bits per heavy atom. The number of nitrogens with one attached hydrogen (secondary N) is 1. The first-order chi connectivity index (χ1) is 8.88. The van der Waals surface area contributed by atoms with Crippen molar-refractivity contribution in [2.24, 2.45) is 0 Å². The Morgan fingerprint density at radius 3 is 2.78 bits per heavy atom. The Balaban J connectivity index is 1.94. The van der Waals surface area contributed by atoms with E-state index >= 15 is 0 Å². The molecule has 18 heavy (non-hydrogen) atoms. The van der Waals surface area contributed by atoms with Gasteiger partial charge in [0.2, 0.25) is 11.8 Å². The third-order valence-electron chi connectivity index (χ3n) is 3.72. The molecule has 3 rings (SSSR count). The molecule has 2 aliphatic heterocycles. The van der Waals surface area contributed by atoms with Gasteiger partial charge < -0.3 is 15.0 Å². The maximum Gasteiger partial charge on any atom is 0.228 e. The highest BCUT2D eigenvalue weighted by Gasteiger charge is 2.21. The Morgan fingerprint density at radius 1 is 1.17 bits per heavy atom. The molecule has 0 aliphatic carbocycles. The molecule has 0 aromatic carbocycles. The molecule has 0 atom stereocenters. The fourth-order valence-electron chi connectivity index (χ4n) is 2.72. The van der Waals surface area contributed by atoms with Crippen molar-refractivity contribution in [3.05, 3.63) is 11.3 Å². The minimum Gasteiger partial charge on any atom is -0.481 e. The van der Waals surface area contributed by atoms with E-state index in [9.17, 15) is 0 Å². The van der Waals surface area contributed by atoms with Gasteiger partial charge in [0, 0.05) is 25.2 Å². The topological polar surface area (TPSA) is 50.3 Å². The summed E-state index contributed by atoms with van der Waals surface area (Å²) in [6.07, 6.45) is 4.75. The molecule has 1 aromatic rings. The lowest BCUT2D eigenvalue weighted by atomic mass is 10.1. The lowest BCUT2D eigenvalue weighted by molar-refractivity contribution is 0.385. The van der Waals surface area contributed by atoms with E-state index in [1.54, 1.807) is 7.11 Å². The van der Waals surface area contributed by atoms with E-state index in [1.807, 2.05) is 0 Å². The first kappa shape index (κ1) is 11.7. The quantitative estimate of drug-likeness (QED) is 0.850. The molecule has 2 aliphatic rings. The minimum absolute atomic E-state index is 0.766. The molecule has 5 heteroatoms. The molecule has 0 bridgehead atoms. The van der Waals surface area contributed by atoms with Crippen molar-refractivity contribution in [2.75, 3.05) is 31.6 Å². The molecule has 98 valence electrons. The van der Waals surface area contributed by atoms with Crippen LogP contribution in [-0.2, 0) is 13.0 Å². The molecular weight excluding hydrogens is 228 g/mol. The number of anilines is 1. The second-order valence-electron chi connectivity index (χ2n) is 4.93. The molecular formula is C13H20N4O. The maximum absolute atomic E-state index is 5.44. The van der Waals surface area contributed by atoms with Crippen LogP contribution in [0.3, 0.4) is 0 Å². The normalized spacial score (nSPS) is 19.5. The third-order valence-corrected chi connectivity index (χ3v) is 3.72. The molecule has 1 saturated heterocycles. The number of piperidine rings is 1. The van der Waals surface area contributed by atoms with Crippen LogP contribution in [0, 0.1) is 0 Å². The Labute approximate surface area is 108 Å². The van der Waals surface area contributed by atoms with Gasteiger partial charge in [0.25, 0.3) is 0 Å². The Kier molecular flexibility index (Phi) is 3.32. The van der Waals surface area contributed by atoms with Crippen LogP contribution in [0.2, 0.25) is 0 Å². The van der Waals surface area contributed by atoms with Gasteiger partial charge in [-0.2, -0.15) is 4.98 Å². The van der Waals surface area contributed by atoms with Crippen LogP contribution < -0.4 is 15.0 Å². The summed E-state index contributed by atoms with van der Waals surface area (Å²) in [6, 6.07) is 0. The van der Waals surface area contributed by atoms with Crippen molar-refractivity contribution in [1.29, 1.82) is 0 Å². The minimum atomic E-state index is 0.766. The average molecular weight is 248 g/mol. The van der Waals surface area contributed by atoms with Crippen molar-refractivity contribution in [3.8, 4) is 5.88 Å². The maximum atomic E-state index is 5.44. The van der Waals surface area contributed by atoms with Crippen LogP contribution >= 0.6 is 0 Å². The number of methoxy groups -OCH3 is 1. The highest BCUT2D eigenvalue weighted by molar-refractivity contribution is 5.41. The van der Waals surface area contributed by atoms with Crippen molar-refractivity contribution in [3.63, 3.8) is 0 Å². The molecule has 5 nitrogen and oxygen atoms in total. The third kappa shape index (κ3) is 2.14. The highest BCUT2D eigenvalue weighted by atomic mass is 16.5. The van der Waals surface area contributed by atoms with Gasteiger partial charge in [-0.15, -0.1) is 0 Å². The van der Waals surface area contributed by atoms with Gasteiger partial charge in [-0.1, -0.05) is 0 Å². The van der Waals surface area contributed by atoms with Crippen LogP contribution in [0.4, 0.5) is 5.95 Å². The van der Waals surface area contributed by atoms with Gasteiger partial charge in [-0.25, -0.2) is 4.98 Å². The average Bonchev–Trinajstić information content (AvgIpc) is 2.47. The summed E-state index contributed by atoms with van der Waals surface area (Å²) in [6.45, 7) is 3.94. The lowest BCUT2D eigenvalue weighted by Crippen LogP contribution is -2.33. The van der Waals surface area contributed by atoms with E-state index in [0.717, 1.165) is 50.1 Å². The molecule has 0 saturated carbocycles. The van der Waals surface area contributed by atoms with E-state index < -0.39 is 0 Å². The predicted octanol–water partition coefficient (Wildman–Crippen LogP) is 1.12. The van der Waals surface area contributed by atoms with Gasteiger partial charge in [0.05, 0.1) is 12.8 Å². The predicted molar refractivity (Wildman–Crippen MR) is 70.1 cm³/mol. The van der Waals surface area contributed by atoms with E-state index in [4.69, 9.17) is 9.72 Å². The summed E-state index contributed by atoms with van der Waals surface area (Å²) in [5, 5.41) is 3.36. The fourth-order valence-corrected chi connectivity index (χ4v) is 2.72. The van der Waals surface area contributed by atoms with E-state index in [0.29, 0.717) is 0 Å². The number of hydrogen-bond acceptors (Lipinski definition) is 5. The molecule has 3 heterocycles. The molecule has 1 fully saturated rings. The lowest BCUT2D eigenvalue weighted by Gasteiger charge is -2.28. The monoisotopic (exact) mass is 248 g/mol. The van der Waals surface area contributed by atoms with E-state index in [-0.39, 0.29) is 0 Å². The zero-order chi connectivity index (χ0) is 12.4. The Hall–Kier alpha value is -1.36. The van der Waals surface area contributed by atoms with Crippen molar-refractivity contribution < 1.29 is 4.74 Å². The summed E-state index contributed by atoms with van der Waals surface area (Å²) in [7, 11) is 1.70. The summed E-state index contributed by atoms with van der Waals surface area (Å²) < 4.78 is 5.44. The first-order valence-corrected chi connectivity index (χ1v) is 6.78. The van der Waals surface area contributed by atoms with Gasteiger partial charge in [-0.05, 0) is 32.2 Å². The van der Waals surface area contributed by atoms with Crippen LogP contribution in [0.15, 0.2) is 0 Å². The summed E-state index contributed by atoms with van der Waals surface area (Å²) in [4.78, 5) is 11.6. The van der Waals surface area contributed by atoms with E-state index in [1.165, 1.54) is 24.8 Å². The summed E-state index contributed by atoms with van der Waals surface area (Å²) >= 11 is 0. The molecule has 0 radical (unpaired) electrons. The largest absolute Gasteiger partial charge is 0.481 e. The van der Waals surface area contributed by atoms with Gasteiger partial charge >= 0.3 is 0 Å². The Bertz CT molecular complexity index is 412. The van der Waals surface area contributed by atoms with E-state index in [2.05, 4.69) is 15.2 Å². The molecule has 0 spiro atoms. The molecule has 0 unspecified atom stereocenters. The van der Waals surface area contributed by atoms with Crippen LogP contribution in [0.5, 0.6) is 5.88 Å².